The Balaban J connectivity index is 1.29. The lowest BCUT2D eigenvalue weighted by molar-refractivity contribution is -0.122. The molecule has 0 aromatic heterocycles. The molecule has 0 bridgehead atoms. The minimum Gasteiger partial charge on any atom is -0.744 e. The van der Waals surface area contributed by atoms with E-state index in [1.807, 2.05) is 72.7 Å². The number of ether oxygens (including phenoxy) is 1. The summed E-state index contributed by atoms with van der Waals surface area (Å²) in [6.45, 7) is 20.1. The number of carbonyl (C=O) groups is 1. The van der Waals surface area contributed by atoms with Crippen LogP contribution < -0.4 is 40.1 Å². The standard InChI is InChI=1S/C48H63N7O10S3/c1-11-54(12-2)32-17-20-36-40(26-32)64-41-27-33(55(13-3)14-4)18-21-37(41)43(36)38-22-19-34(28-42(38)68(61,62)63)66(57,58)52-39(46(56)50-10)16-15-25-51-47(49)53-67(59,60)45-30(6)29(5)44-35(31(45)7)23-24-48(8,9)65-44/h17-22,26-28,39,52H,11-16,23-25H2,1-10H3,(H4-,49,50,51,53,56,61,62,63). The van der Waals surface area contributed by atoms with Crippen LogP contribution in [0.1, 0.15) is 83.1 Å². The molecule has 0 saturated heterocycles. The van der Waals surface area contributed by atoms with Gasteiger partial charge in [0.25, 0.3) is 10.0 Å². The monoisotopic (exact) mass is 993 g/mol. The first-order valence-electron chi connectivity index (χ1n) is 22.7. The van der Waals surface area contributed by atoms with Gasteiger partial charge in [-0.05, 0) is 141 Å². The number of carbonyl (C=O) groups excluding carboxylic acids is 1. The van der Waals surface area contributed by atoms with Gasteiger partial charge in [0.1, 0.15) is 51.9 Å². The quantitative estimate of drug-likeness (QED) is 0.0233. The molecule has 1 unspecified atom stereocenters. The summed E-state index contributed by atoms with van der Waals surface area (Å²) < 4.78 is 115. The van der Waals surface area contributed by atoms with Gasteiger partial charge in [-0.1, -0.05) is 6.07 Å². The van der Waals surface area contributed by atoms with E-state index in [4.69, 9.17) is 14.9 Å². The minimum absolute atomic E-state index is 0.0324. The van der Waals surface area contributed by atoms with Crippen molar-refractivity contribution in [3.8, 4) is 28.2 Å². The number of rotatable bonds is 17. The van der Waals surface area contributed by atoms with Crippen molar-refractivity contribution in [3.05, 3.63) is 82.2 Å². The zero-order valence-corrected chi connectivity index (χ0v) is 42.8. The van der Waals surface area contributed by atoms with E-state index in [9.17, 15) is 34.6 Å². The highest BCUT2D eigenvalue weighted by Gasteiger charge is 2.34. The summed E-state index contributed by atoms with van der Waals surface area (Å²) in [4.78, 5) is 18.1. The normalized spacial score (nSPS) is 14.6. The van der Waals surface area contributed by atoms with Crippen LogP contribution in [0.3, 0.4) is 0 Å². The van der Waals surface area contributed by atoms with E-state index in [1.165, 1.54) is 19.2 Å². The minimum atomic E-state index is -5.33. The van der Waals surface area contributed by atoms with Crippen molar-refractivity contribution in [2.24, 2.45) is 10.7 Å². The van der Waals surface area contributed by atoms with Crippen LogP contribution in [0.5, 0.6) is 5.75 Å². The number of likely N-dealkylation sites (N-methyl/N-ethyl adjacent to an activating group) is 1. The summed E-state index contributed by atoms with van der Waals surface area (Å²) in [7, 11) is -12.9. The zero-order valence-electron chi connectivity index (χ0n) is 40.4. The van der Waals surface area contributed by atoms with E-state index in [1.54, 1.807) is 26.0 Å². The summed E-state index contributed by atoms with van der Waals surface area (Å²) in [5.74, 6) is 0.000184. The maximum Gasteiger partial charge on any atom is 0.264 e. The average molecular weight is 994 g/mol. The van der Waals surface area contributed by atoms with Gasteiger partial charge in [0.05, 0.1) is 20.8 Å². The van der Waals surface area contributed by atoms with Gasteiger partial charge < -0.3 is 29.7 Å². The Kier molecular flexibility index (Phi) is 15.4. The molecule has 3 aromatic rings. The van der Waals surface area contributed by atoms with Crippen LogP contribution in [0.25, 0.3) is 33.4 Å². The molecule has 1 atom stereocenters. The van der Waals surface area contributed by atoms with E-state index >= 15 is 0 Å². The van der Waals surface area contributed by atoms with Crippen LogP contribution in [0.4, 0.5) is 5.69 Å². The smallest absolute Gasteiger partial charge is 0.264 e. The predicted molar refractivity (Wildman–Crippen MR) is 264 cm³/mol. The molecule has 0 fully saturated rings. The Labute approximate surface area is 400 Å². The number of benzene rings is 4. The van der Waals surface area contributed by atoms with Crippen LogP contribution in [0.15, 0.2) is 78.7 Å². The summed E-state index contributed by atoms with van der Waals surface area (Å²) >= 11 is 0. The maximum absolute atomic E-state index is 14.0. The van der Waals surface area contributed by atoms with Gasteiger partial charge in [-0.25, -0.2) is 34.6 Å². The largest absolute Gasteiger partial charge is 0.744 e. The van der Waals surface area contributed by atoms with E-state index in [0.29, 0.717) is 63.1 Å². The van der Waals surface area contributed by atoms with Gasteiger partial charge in [0, 0.05) is 66.6 Å². The summed E-state index contributed by atoms with van der Waals surface area (Å²) in [6, 6.07) is 12.9. The molecule has 368 valence electrons. The summed E-state index contributed by atoms with van der Waals surface area (Å²) in [6.07, 6.45) is 1.29. The van der Waals surface area contributed by atoms with Crippen LogP contribution >= 0.6 is 0 Å². The number of amides is 1. The molecular weight excluding hydrogens is 931 g/mol. The van der Waals surface area contributed by atoms with Crippen LogP contribution in [0.2, 0.25) is 0 Å². The number of hydrogen-bond donors (Lipinski definition) is 4. The van der Waals surface area contributed by atoms with Gasteiger partial charge in [-0.2, -0.15) is 4.72 Å². The molecular formula is C48H63N7O10S3. The number of aliphatic imine (C=N–C) groups is 1. The third-order valence-electron chi connectivity index (χ3n) is 12.7. The number of sulfonamides is 2. The number of nitrogens with zero attached hydrogens (tertiary/aromatic N) is 3. The maximum atomic E-state index is 14.0. The number of nitrogens with two attached hydrogens (primary N) is 1. The molecule has 68 heavy (non-hydrogen) atoms. The molecule has 3 aliphatic rings. The average Bonchev–Trinajstić information content (AvgIpc) is 3.27. The van der Waals surface area contributed by atoms with E-state index in [2.05, 4.69) is 29.2 Å². The van der Waals surface area contributed by atoms with Crippen molar-refractivity contribution < 1.29 is 43.8 Å². The van der Waals surface area contributed by atoms with Crippen molar-refractivity contribution in [3.63, 3.8) is 0 Å². The Bertz CT molecular complexity index is 3170. The van der Waals surface area contributed by atoms with Crippen LogP contribution in [-0.2, 0) is 41.4 Å². The van der Waals surface area contributed by atoms with Crippen LogP contribution in [0, 0.1) is 20.8 Å². The molecule has 6 rings (SSSR count). The number of anilines is 1. The van der Waals surface area contributed by atoms with Crippen molar-refractivity contribution in [1.29, 1.82) is 0 Å². The van der Waals surface area contributed by atoms with Crippen molar-refractivity contribution in [2.45, 2.75) is 114 Å². The highest BCUT2D eigenvalue weighted by atomic mass is 32.2. The first-order valence-corrected chi connectivity index (χ1v) is 27.1. The second-order valence-corrected chi connectivity index (χ2v) is 22.2. The lowest BCUT2D eigenvalue weighted by Crippen LogP contribution is -2.45. The molecule has 17 nitrogen and oxygen atoms in total. The molecule has 0 spiro atoms. The Morgan fingerprint density at radius 3 is 2.21 bits per heavy atom. The Morgan fingerprint density at radius 1 is 0.897 bits per heavy atom. The molecule has 1 amide bonds. The number of nitrogens with one attached hydrogen (secondary N) is 3. The summed E-state index contributed by atoms with van der Waals surface area (Å²) in [5.41, 5.74) is 10.4. The second kappa shape index (κ2) is 20.2. The SMILES string of the molecule is CCN(CC)c1ccc2c(-c3ccc(S(=O)(=O)NC(CCCN=C(N)NS(=O)(=O)c4c(C)c(C)c5c(c4C)CCC(C)(C)O5)C(=O)NC)cc3S(=O)(=O)[O-])c3ccc(=[N+](CC)CC)cc-3oc2c1. The van der Waals surface area contributed by atoms with Gasteiger partial charge in [-0.3, -0.25) is 9.79 Å². The third kappa shape index (κ3) is 10.7. The van der Waals surface area contributed by atoms with Gasteiger partial charge >= 0.3 is 0 Å². The Morgan fingerprint density at radius 2 is 1.57 bits per heavy atom. The molecule has 1 aliphatic carbocycles. The Hall–Kier alpha value is -5.54. The zero-order chi connectivity index (χ0) is 50.1. The van der Waals surface area contributed by atoms with E-state index in [-0.39, 0.29) is 29.8 Å². The third-order valence-corrected chi connectivity index (χ3v) is 16.7. The van der Waals surface area contributed by atoms with E-state index < -0.39 is 63.5 Å². The number of guanidine groups is 1. The first kappa shape index (κ1) is 51.8. The van der Waals surface area contributed by atoms with Crippen molar-refractivity contribution >= 4 is 58.7 Å². The molecule has 0 radical (unpaired) electrons. The predicted octanol–water partition coefficient (Wildman–Crippen LogP) is 5.26. The lowest BCUT2D eigenvalue weighted by atomic mass is 9.88. The van der Waals surface area contributed by atoms with Crippen molar-refractivity contribution in [2.75, 3.05) is 44.7 Å². The fourth-order valence-corrected chi connectivity index (χ4v) is 12.5. The van der Waals surface area contributed by atoms with E-state index in [0.717, 1.165) is 48.9 Å². The molecule has 20 heteroatoms. The van der Waals surface area contributed by atoms with Gasteiger partial charge in [0.15, 0.2) is 0 Å². The van der Waals surface area contributed by atoms with Crippen molar-refractivity contribution in [1.82, 2.24) is 19.3 Å². The lowest BCUT2D eigenvalue weighted by Gasteiger charge is -2.35. The summed E-state index contributed by atoms with van der Waals surface area (Å²) in [5, 5.41) is 3.79. The molecule has 3 aromatic carbocycles. The molecule has 2 heterocycles. The topological polar surface area (TPSA) is 246 Å². The van der Waals surface area contributed by atoms with Gasteiger partial charge in [0.2, 0.25) is 27.2 Å². The second-order valence-electron chi connectivity index (χ2n) is 17.5. The highest BCUT2D eigenvalue weighted by molar-refractivity contribution is 7.90. The fourth-order valence-electron chi connectivity index (χ4n) is 8.95. The highest BCUT2D eigenvalue weighted by Crippen LogP contribution is 2.44. The fraction of sp³-hybridized carbons (Fsp3) is 0.438. The molecule has 2 aliphatic heterocycles. The first-order chi connectivity index (χ1) is 31.9. The molecule has 5 N–H and O–H groups in total. The van der Waals surface area contributed by atoms with Gasteiger partial charge in [-0.15, -0.1) is 0 Å². The molecule has 0 saturated carbocycles. The number of fused-ring (bicyclic) bond motifs is 3. The number of hydrogen-bond acceptors (Lipinski definition) is 12. The van der Waals surface area contributed by atoms with Crippen LogP contribution in [-0.4, -0.2) is 93.1 Å².